The van der Waals surface area contributed by atoms with Crippen molar-refractivity contribution in [2.45, 2.75) is 38.8 Å². The van der Waals surface area contributed by atoms with Crippen molar-refractivity contribution in [3.05, 3.63) is 29.0 Å². The predicted molar refractivity (Wildman–Crippen MR) is 129 cm³/mol. The van der Waals surface area contributed by atoms with Gasteiger partial charge in [-0.05, 0) is 36.4 Å². The molecule has 1 fully saturated rings. The highest BCUT2D eigenvalue weighted by Gasteiger charge is 2.41. The number of anilines is 2. The first-order chi connectivity index (χ1) is 16.1. The van der Waals surface area contributed by atoms with Crippen LogP contribution in [0.4, 0.5) is 11.8 Å². The van der Waals surface area contributed by atoms with Gasteiger partial charge in [0, 0.05) is 38.8 Å². The maximum Gasteiger partial charge on any atom is 0.281 e. The van der Waals surface area contributed by atoms with Gasteiger partial charge < -0.3 is 14.8 Å². The molecule has 0 unspecified atom stereocenters. The molecule has 0 saturated carbocycles. The molecule has 1 amide bonds. The third-order valence-corrected chi connectivity index (χ3v) is 6.95. The van der Waals surface area contributed by atoms with Crippen molar-refractivity contribution in [2.24, 2.45) is 4.99 Å². The minimum absolute atomic E-state index is 0.0295. The molecule has 1 saturated heterocycles. The number of guanidine groups is 1. The number of aromatic nitrogens is 2. The van der Waals surface area contributed by atoms with Crippen molar-refractivity contribution in [1.82, 2.24) is 14.5 Å². The Morgan fingerprint density at radius 2 is 2.09 bits per heavy atom. The zero-order valence-electron chi connectivity index (χ0n) is 19.3. The Labute approximate surface area is 194 Å². The SMILES string of the molecule is Bc1cc(Cn2c(NC3CCOCC3)nc3c2C(=O)N(CC)C2=NCCN23)cc2c1OCC2. The average molecular weight is 448 g/mol. The Morgan fingerprint density at radius 3 is 2.91 bits per heavy atom. The highest BCUT2D eigenvalue weighted by atomic mass is 16.5. The molecule has 1 aromatic heterocycles. The van der Waals surface area contributed by atoms with Crippen LogP contribution in [0.1, 0.15) is 41.4 Å². The molecule has 6 rings (SSSR count). The number of nitrogens with one attached hydrogen (secondary N) is 1. The number of aliphatic imine (C=N–C) groups is 1. The number of imidazole rings is 1. The van der Waals surface area contributed by atoms with Crippen LogP contribution in [0.3, 0.4) is 0 Å². The van der Waals surface area contributed by atoms with Crippen LogP contribution in [0.5, 0.6) is 5.75 Å². The number of fused-ring (bicyclic) bond motifs is 4. The monoisotopic (exact) mass is 448 g/mol. The summed E-state index contributed by atoms with van der Waals surface area (Å²) in [5, 5.41) is 3.64. The molecule has 1 N–H and O–H groups in total. The van der Waals surface area contributed by atoms with E-state index in [1.165, 1.54) is 5.56 Å². The van der Waals surface area contributed by atoms with Crippen molar-refractivity contribution < 1.29 is 14.3 Å². The standard InChI is InChI=1S/C23H29BN6O3/c1-2-28-21(31)18-20(29-7-6-25-23(28)29)27-22(26-16-4-8-32-9-5-16)30(18)13-14-11-15-3-10-33-19(15)17(24)12-14/h11-12,16H,2-10,13,24H2,1H3,(H,26,27). The van der Waals surface area contributed by atoms with Gasteiger partial charge >= 0.3 is 0 Å². The molecule has 0 bridgehead atoms. The normalized spacial score (nSPS) is 19.8. The molecule has 0 atom stereocenters. The van der Waals surface area contributed by atoms with Gasteiger partial charge in [0.2, 0.25) is 11.9 Å². The van der Waals surface area contributed by atoms with Crippen LogP contribution < -0.4 is 20.4 Å². The smallest absolute Gasteiger partial charge is 0.281 e. The van der Waals surface area contributed by atoms with Gasteiger partial charge in [-0.15, -0.1) is 0 Å². The number of carbonyl (C=O) groups is 1. The zero-order valence-corrected chi connectivity index (χ0v) is 19.3. The fourth-order valence-electron chi connectivity index (χ4n) is 5.36. The largest absolute Gasteiger partial charge is 0.494 e. The van der Waals surface area contributed by atoms with Crippen molar-refractivity contribution in [1.29, 1.82) is 0 Å². The molecular weight excluding hydrogens is 419 g/mol. The van der Waals surface area contributed by atoms with Gasteiger partial charge in [-0.2, -0.15) is 4.98 Å². The molecule has 4 aliphatic heterocycles. The van der Waals surface area contributed by atoms with Crippen molar-refractivity contribution >= 4 is 36.9 Å². The number of rotatable bonds is 5. The van der Waals surface area contributed by atoms with E-state index in [1.54, 1.807) is 4.90 Å². The summed E-state index contributed by atoms with van der Waals surface area (Å²) in [5.74, 6) is 3.18. The Hall–Kier alpha value is -3.01. The summed E-state index contributed by atoms with van der Waals surface area (Å²) in [4.78, 5) is 27.1. The van der Waals surface area contributed by atoms with Crippen LogP contribution in [0.25, 0.3) is 0 Å². The van der Waals surface area contributed by atoms with E-state index in [2.05, 4.69) is 39.8 Å². The maximum atomic E-state index is 13.7. The molecule has 0 radical (unpaired) electrons. The van der Waals surface area contributed by atoms with Crippen LogP contribution in [-0.4, -0.2) is 79.7 Å². The molecule has 0 aliphatic carbocycles. The van der Waals surface area contributed by atoms with E-state index in [9.17, 15) is 4.79 Å². The number of benzene rings is 1. The second-order valence-electron chi connectivity index (χ2n) is 9.11. The fraction of sp³-hybridized carbons (Fsp3) is 0.522. The molecule has 2 aromatic rings. The fourth-order valence-corrected chi connectivity index (χ4v) is 5.36. The molecule has 0 spiro atoms. The summed E-state index contributed by atoms with van der Waals surface area (Å²) in [6, 6.07) is 4.66. The predicted octanol–water partition coefficient (Wildman–Crippen LogP) is 0.367. The van der Waals surface area contributed by atoms with E-state index >= 15 is 0 Å². The van der Waals surface area contributed by atoms with Crippen LogP contribution in [0.2, 0.25) is 0 Å². The summed E-state index contributed by atoms with van der Waals surface area (Å²) in [6.07, 6.45) is 2.78. The summed E-state index contributed by atoms with van der Waals surface area (Å²) in [7, 11) is 2.09. The topological polar surface area (TPSA) is 84.2 Å². The molecule has 9 nitrogen and oxygen atoms in total. The second-order valence-corrected chi connectivity index (χ2v) is 9.11. The van der Waals surface area contributed by atoms with E-state index in [4.69, 9.17) is 14.5 Å². The van der Waals surface area contributed by atoms with E-state index in [1.807, 2.05) is 6.92 Å². The number of ether oxygens (including phenoxy) is 2. The van der Waals surface area contributed by atoms with Crippen LogP contribution in [0, 0.1) is 0 Å². The van der Waals surface area contributed by atoms with Gasteiger partial charge in [0.05, 0.1) is 19.7 Å². The van der Waals surface area contributed by atoms with Crippen LogP contribution >= 0.6 is 0 Å². The number of carbonyl (C=O) groups excluding carboxylic acids is 1. The van der Waals surface area contributed by atoms with Gasteiger partial charge in [-0.3, -0.25) is 24.2 Å². The highest BCUT2D eigenvalue weighted by molar-refractivity contribution is 6.34. The molecule has 1 aromatic carbocycles. The van der Waals surface area contributed by atoms with Crippen LogP contribution in [0.15, 0.2) is 17.1 Å². The summed E-state index contributed by atoms with van der Waals surface area (Å²) in [6.45, 7) is 6.79. The highest BCUT2D eigenvalue weighted by Crippen LogP contribution is 2.34. The minimum Gasteiger partial charge on any atom is -0.494 e. The first kappa shape index (κ1) is 20.6. The van der Waals surface area contributed by atoms with Crippen LogP contribution in [-0.2, 0) is 17.7 Å². The molecular formula is C23H29BN6O3. The van der Waals surface area contributed by atoms with Crippen molar-refractivity contribution in [2.75, 3.05) is 49.7 Å². The Morgan fingerprint density at radius 1 is 1.24 bits per heavy atom. The molecule has 10 heteroatoms. The third-order valence-electron chi connectivity index (χ3n) is 6.95. The lowest BCUT2D eigenvalue weighted by Gasteiger charge is -2.32. The third kappa shape index (κ3) is 3.39. The van der Waals surface area contributed by atoms with E-state index in [-0.39, 0.29) is 11.9 Å². The summed E-state index contributed by atoms with van der Waals surface area (Å²) >= 11 is 0. The summed E-state index contributed by atoms with van der Waals surface area (Å²) in [5.41, 5.74) is 4.18. The molecule has 172 valence electrons. The Bertz CT molecular complexity index is 1140. The lowest BCUT2D eigenvalue weighted by Crippen LogP contribution is -2.50. The lowest BCUT2D eigenvalue weighted by atomic mass is 9.90. The molecule has 5 heterocycles. The zero-order chi connectivity index (χ0) is 22.5. The van der Waals surface area contributed by atoms with Gasteiger partial charge in [0.25, 0.3) is 5.91 Å². The molecule has 4 aliphatic rings. The lowest BCUT2D eigenvalue weighted by molar-refractivity contribution is 0.0835. The molecule has 33 heavy (non-hydrogen) atoms. The Kier molecular flexibility index (Phi) is 5.05. The van der Waals surface area contributed by atoms with E-state index in [0.717, 1.165) is 80.1 Å². The maximum absolute atomic E-state index is 13.7. The second kappa shape index (κ2) is 8.09. The quantitative estimate of drug-likeness (QED) is 0.666. The van der Waals surface area contributed by atoms with Gasteiger partial charge in [-0.1, -0.05) is 12.1 Å². The number of hydrogen-bond acceptors (Lipinski definition) is 7. The number of amides is 1. The van der Waals surface area contributed by atoms with Gasteiger partial charge in [-0.25, -0.2) is 0 Å². The minimum atomic E-state index is -0.0295. The summed E-state index contributed by atoms with van der Waals surface area (Å²) < 4.78 is 13.4. The average Bonchev–Trinajstić information content (AvgIpc) is 3.55. The Balaban J connectivity index is 1.44. The number of nitrogens with zero attached hydrogens (tertiary/aromatic N) is 5. The number of hydrogen-bond donors (Lipinski definition) is 1. The van der Waals surface area contributed by atoms with Gasteiger partial charge in [0.1, 0.15) is 13.6 Å². The van der Waals surface area contributed by atoms with E-state index in [0.29, 0.717) is 25.3 Å². The van der Waals surface area contributed by atoms with E-state index < -0.39 is 0 Å². The van der Waals surface area contributed by atoms with Crippen molar-refractivity contribution in [3.63, 3.8) is 0 Å². The van der Waals surface area contributed by atoms with Gasteiger partial charge in [0.15, 0.2) is 11.5 Å². The first-order valence-corrected chi connectivity index (χ1v) is 12.0. The first-order valence-electron chi connectivity index (χ1n) is 12.0. The van der Waals surface area contributed by atoms with Crippen molar-refractivity contribution in [3.8, 4) is 5.75 Å².